The quantitative estimate of drug-likeness (QED) is 0.141. The van der Waals surface area contributed by atoms with Crippen LogP contribution in [0.5, 0.6) is 5.75 Å². The van der Waals surface area contributed by atoms with Crippen LogP contribution in [0.2, 0.25) is 0 Å². The van der Waals surface area contributed by atoms with Crippen LogP contribution in [0.1, 0.15) is 16.8 Å². The number of nitriles is 2. The normalized spacial score (nSPS) is 10.4. The number of pyridine rings is 1. The Morgan fingerprint density at radius 1 is 1.11 bits per heavy atom. The van der Waals surface area contributed by atoms with Crippen molar-refractivity contribution in [1.82, 2.24) is 9.97 Å². The van der Waals surface area contributed by atoms with E-state index in [1.807, 2.05) is 5.38 Å². The van der Waals surface area contributed by atoms with Gasteiger partial charge in [0.15, 0.2) is 5.13 Å². The summed E-state index contributed by atoms with van der Waals surface area (Å²) in [7, 11) is 0. The van der Waals surface area contributed by atoms with E-state index >= 15 is 0 Å². The number of hydrogen-bond donors (Lipinski definition) is 3. The zero-order valence-electron chi connectivity index (χ0n) is 19.6. The van der Waals surface area contributed by atoms with E-state index in [0.29, 0.717) is 38.5 Å². The number of non-ortho nitro benzene ring substituents is 1. The second-order valence-corrected chi connectivity index (χ2v) is 9.43. The molecular formula is C25H19N7O4S2. The third-order valence-corrected chi connectivity index (χ3v) is 6.97. The molecule has 0 unspecified atom stereocenters. The van der Waals surface area contributed by atoms with Crippen LogP contribution in [0.15, 0.2) is 58.9 Å². The lowest BCUT2D eigenvalue weighted by atomic mass is 9.97. The minimum Gasteiger partial charge on any atom is -0.491 e. The Balaban J connectivity index is 1.54. The molecule has 2 aromatic heterocycles. The number of thioether (sulfide) groups is 1. The first-order valence-corrected chi connectivity index (χ1v) is 12.9. The maximum atomic E-state index is 10.8. The van der Waals surface area contributed by atoms with Gasteiger partial charge in [-0.15, -0.1) is 11.3 Å². The number of aliphatic hydroxyl groups is 1. The SMILES string of the molecule is N#Cc1c(N)nc(SCc2csc(Nc3ccc([N+](=O)[O-])cc3)n2)c(C#N)c1-c1ccc(OCCO)cc1. The van der Waals surface area contributed by atoms with Gasteiger partial charge in [-0.3, -0.25) is 10.1 Å². The second-order valence-electron chi connectivity index (χ2n) is 7.61. The van der Waals surface area contributed by atoms with Gasteiger partial charge in [0.25, 0.3) is 5.69 Å². The number of thiazole rings is 1. The minimum atomic E-state index is -0.462. The fourth-order valence-electron chi connectivity index (χ4n) is 3.44. The molecule has 0 aliphatic rings. The van der Waals surface area contributed by atoms with Gasteiger partial charge >= 0.3 is 0 Å². The van der Waals surface area contributed by atoms with Crippen LogP contribution in [0.3, 0.4) is 0 Å². The number of aliphatic hydroxyl groups excluding tert-OH is 1. The summed E-state index contributed by atoms with van der Waals surface area (Å²) < 4.78 is 5.39. The van der Waals surface area contributed by atoms with Crippen molar-refractivity contribution in [2.45, 2.75) is 10.8 Å². The lowest BCUT2D eigenvalue weighted by Crippen LogP contribution is -2.04. The summed E-state index contributed by atoms with van der Waals surface area (Å²) in [6, 6.07) is 17.0. The van der Waals surface area contributed by atoms with Crippen LogP contribution in [-0.2, 0) is 5.75 Å². The van der Waals surface area contributed by atoms with Crippen LogP contribution in [-0.4, -0.2) is 33.2 Å². The van der Waals surface area contributed by atoms with Gasteiger partial charge in [-0.2, -0.15) is 10.5 Å². The van der Waals surface area contributed by atoms with Crippen LogP contribution >= 0.6 is 23.1 Å². The summed E-state index contributed by atoms with van der Waals surface area (Å²) in [4.78, 5) is 19.2. The molecule has 0 fully saturated rings. The van der Waals surface area contributed by atoms with Crippen molar-refractivity contribution in [3.63, 3.8) is 0 Å². The number of rotatable bonds is 10. The van der Waals surface area contributed by atoms with E-state index in [2.05, 4.69) is 27.4 Å². The first kappa shape index (κ1) is 26.4. The molecule has 4 aromatic rings. The summed E-state index contributed by atoms with van der Waals surface area (Å²) in [5.41, 5.74) is 8.82. The molecule has 0 radical (unpaired) electrons. The highest BCUT2D eigenvalue weighted by atomic mass is 32.2. The lowest BCUT2D eigenvalue weighted by molar-refractivity contribution is -0.384. The first-order chi connectivity index (χ1) is 18.4. The average Bonchev–Trinajstić information content (AvgIpc) is 3.38. The Labute approximate surface area is 225 Å². The van der Waals surface area contributed by atoms with E-state index in [1.165, 1.54) is 35.2 Å². The van der Waals surface area contributed by atoms with Gasteiger partial charge in [0.1, 0.15) is 40.9 Å². The fraction of sp³-hybridized carbons (Fsp3) is 0.120. The standard InChI is InChI=1S/C25H19N7O4S2/c26-11-20-22(15-1-7-19(8-2-15)36-10-9-33)21(12-27)24(31-23(20)28)37-13-17-14-38-25(30-17)29-16-3-5-18(6-4-16)32(34)35/h1-8,14,33H,9-10,13H2,(H2,28,31)(H,29,30). The number of nitrogens with zero attached hydrogens (tertiary/aromatic N) is 5. The van der Waals surface area contributed by atoms with Crippen molar-refractivity contribution >= 4 is 45.4 Å². The van der Waals surface area contributed by atoms with E-state index < -0.39 is 4.92 Å². The highest BCUT2D eigenvalue weighted by molar-refractivity contribution is 7.98. The summed E-state index contributed by atoms with van der Waals surface area (Å²) in [6.07, 6.45) is 0. The molecule has 13 heteroatoms. The second kappa shape index (κ2) is 12.0. The van der Waals surface area contributed by atoms with Crippen LogP contribution in [0, 0.1) is 32.8 Å². The molecule has 0 saturated heterocycles. The van der Waals surface area contributed by atoms with Crippen molar-refractivity contribution in [2.24, 2.45) is 0 Å². The maximum absolute atomic E-state index is 10.8. The average molecular weight is 546 g/mol. The molecule has 4 N–H and O–H groups in total. The molecule has 190 valence electrons. The molecule has 4 rings (SSSR count). The third-order valence-electron chi connectivity index (χ3n) is 5.16. The molecule has 11 nitrogen and oxygen atoms in total. The first-order valence-electron chi connectivity index (χ1n) is 11.0. The van der Waals surface area contributed by atoms with Crippen molar-refractivity contribution in [3.8, 4) is 29.0 Å². The molecule has 0 aliphatic heterocycles. The predicted octanol–water partition coefficient (Wildman–Crippen LogP) is 4.85. The number of anilines is 3. The number of aromatic nitrogens is 2. The number of nitro benzene ring substituents is 1. The molecule has 0 bridgehead atoms. The molecule has 38 heavy (non-hydrogen) atoms. The van der Waals surface area contributed by atoms with Crippen molar-refractivity contribution in [3.05, 3.63) is 80.8 Å². The van der Waals surface area contributed by atoms with Gasteiger partial charge in [0, 0.05) is 34.5 Å². The molecule has 2 aromatic carbocycles. The Kier molecular flexibility index (Phi) is 8.35. The minimum absolute atomic E-state index is 0.000364. The number of nitro groups is 1. The van der Waals surface area contributed by atoms with Crippen LogP contribution < -0.4 is 15.8 Å². The molecule has 0 aliphatic carbocycles. The molecule has 0 spiro atoms. The highest BCUT2D eigenvalue weighted by Crippen LogP contribution is 2.37. The molecule has 2 heterocycles. The smallest absolute Gasteiger partial charge is 0.269 e. The van der Waals surface area contributed by atoms with E-state index in [1.54, 1.807) is 36.4 Å². The number of ether oxygens (including phenoxy) is 1. The van der Waals surface area contributed by atoms with Gasteiger partial charge in [0.2, 0.25) is 0 Å². The molecule has 0 saturated carbocycles. The summed E-state index contributed by atoms with van der Waals surface area (Å²) in [6.45, 7) is 0.0327. The molecule has 0 amide bonds. The van der Waals surface area contributed by atoms with Gasteiger partial charge < -0.3 is 20.9 Å². The number of nitrogens with two attached hydrogens (primary N) is 1. The number of hydrogen-bond acceptors (Lipinski definition) is 12. The van der Waals surface area contributed by atoms with Crippen molar-refractivity contribution < 1.29 is 14.8 Å². The monoisotopic (exact) mass is 545 g/mol. The molecular weight excluding hydrogens is 526 g/mol. The number of benzene rings is 2. The Hall–Kier alpha value is -4.69. The number of nitrogen functional groups attached to an aromatic ring is 1. The van der Waals surface area contributed by atoms with E-state index in [4.69, 9.17) is 15.6 Å². The number of nitrogens with one attached hydrogen (secondary N) is 1. The Bertz CT molecular complexity index is 1540. The summed E-state index contributed by atoms with van der Waals surface area (Å²) in [5.74, 6) is 0.945. The molecule has 0 atom stereocenters. The summed E-state index contributed by atoms with van der Waals surface area (Å²) >= 11 is 2.64. The van der Waals surface area contributed by atoms with Gasteiger partial charge in [0.05, 0.1) is 22.8 Å². The van der Waals surface area contributed by atoms with Gasteiger partial charge in [-0.1, -0.05) is 23.9 Å². The maximum Gasteiger partial charge on any atom is 0.269 e. The topological polar surface area (TPSA) is 184 Å². The van der Waals surface area contributed by atoms with E-state index in [-0.39, 0.29) is 35.8 Å². The van der Waals surface area contributed by atoms with Crippen LogP contribution in [0.4, 0.5) is 22.3 Å². The Morgan fingerprint density at radius 2 is 1.82 bits per heavy atom. The third kappa shape index (κ3) is 5.99. The van der Waals surface area contributed by atoms with Crippen LogP contribution in [0.25, 0.3) is 11.1 Å². The zero-order chi connectivity index (χ0) is 27.1. The zero-order valence-corrected chi connectivity index (χ0v) is 21.3. The van der Waals surface area contributed by atoms with E-state index in [0.717, 1.165) is 5.69 Å². The largest absolute Gasteiger partial charge is 0.491 e. The van der Waals surface area contributed by atoms with E-state index in [9.17, 15) is 20.6 Å². The van der Waals surface area contributed by atoms with Crippen molar-refractivity contribution in [2.75, 3.05) is 24.3 Å². The van der Waals surface area contributed by atoms with Gasteiger partial charge in [-0.05, 0) is 29.8 Å². The highest BCUT2D eigenvalue weighted by Gasteiger charge is 2.21. The fourth-order valence-corrected chi connectivity index (χ4v) is 5.16. The summed E-state index contributed by atoms with van der Waals surface area (Å²) in [5, 5.41) is 45.4. The lowest BCUT2D eigenvalue weighted by Gasteiger charge is -2.13. The van der Waals surface area contributed by atoms with Crippen molar-refractivity contribution in [1.29, 1.82) is 10.5 Å². The Morgan fingerprint density at radius 3 is 2.45 bits per heavy atom. The predicted molar refractivity (Wildman–Crippen MR) is 144 cm³/mol. The van der Waals surface area contributed by atoms with Gasteiger partial charge in [-0.25, -0.2) is 9.97 Å².